The van der Waals surface area contributed by atoms with Crippen LogP contribution in [0, 0.1) is 0 Å². The fraction of sp³-hybridized carbons (Fsp3) is 0.400. The van der Waals surface area contributed by atoms with Gasteiger partial charge in [-0.1, -0.05) is 44.2 Å². The molecule has 2 aromatic rings. The number of rotatable bonds is 9. The molecular formula is C20H26N4O4. The number of hydrogen-bond acceptors (Lipinski definition) is 6. The van der Waals surface area contributed by atoms with Crippen LogP contribution in [0.25, 0.3) is 11.4 Å². The number of methoxy groups -OCH3 is 2. The van der Waals surface area contributed by atoms with Gasteiger partial charge in [-0.15, -0.1) is 0 Å². The van der Waals surface area contributed by atoms with Crippen molar-refractivity contribution in [2.24, 2.45) is 0 Å². The molecule has 0 bridgehead atoms. The van der Waals surface area contributed by atoms with E-state index in [-0.39, 0.29) is 23.5 Å². The molecular weight excluding hydrogens is 360 g/mol. The van der Waals surface area contributed by atoms with Gasteiger partial charge in [-0.2, -0.15) is 0 Å². The summed E-state index contributed by atoms with van der Waals surface area (Å²) in [4.78, 5) is 33.5. The maximum absolute atomic E-state index is 12.4. The molecule has 150 valence electrons. The largest absolute Gasteiger partial charge is 0.372 e. The molecule has 28 heavy (non-hydrogen) atoms. The lowest BCUT2D eigenvalue weighted by Crippen LogP contribution is -2.30. The first kappa shape index (κ1) is 21.5. The summed E-state index contributed by atoms with van der Waals surface area (Å²) >= 11 is 0. The molecule has 8 heteroatoms. The van der Waals surface area contributed by atoms with E-state index in [0.717, 1.165) is 5.56 Å². The monoisotopic (exact) mass is 386 g/mol. The van der Waals surface area contributed by atoms with Gasteiger partial charge in [-0.25, -0.2) is 9.97 Å². The van der Waals surface area contributed by atoms with E-state index >= 15 is 0 Å². The van der Waals surface area contributed by atoms with Crippen molar-refractivity contribution < 1.29 is 19.1 Å². The molecule has 0 fully saturated rings. The van der Waals surface area contributed by atoms with Crippen LogP contribution in [-0.4, -0.2) is 48.2 Å². The summed E-state index contributed by atoms with van der Waals surface area (Å²) in [5, 5.41) is 5.45. The predicted molar refractivity (Wildman–Crippen MR) is 107 cm³/mol. The number of amides is 2. The highest BCUT2D eigenvalue weighted by Gasteiger charge is 2.19. The maximum Gasteiger partial charge on any atom is 0.254 e. The zero-order valence-electron chi connectivity index (χ0n) is 16.6. The highest BCUT2D eigenvalue weighted by Crippen LogP contribution is 2.21. The molecule has 2 atom stereocenters. The normalized spacial score (nSPS) is 12.9. The fourth-order valence-corrected chi connectivity index (χ4v) is 2.62. The zero-order valence-corrected chi connectivity index (χ0v) is 16.6. The Morgan fingerprint density at radius 1 is 0.893 bits per heavy atom. The number of carbonyl (C=O) groups is 2. The average molecular weight is 386 g/mol. The molecule has 2 N–H and O–H groups in total. The van der Waals surface area contributed by atoms with E-state index < -0.39 is 12.2 Å². The third-order valence-corrected chi connectivity index (χ3v) is 4.16. The minimum atomic E-state index is -0.592. The van der Waals surface area contributed by atoms with Crippen molar-refractivity contribution in [1.29, 1.82) is 0 Å². The topological polar surface area (TPSA) is 102 Å². The Bertz CT molecular complexity index is 746. The van der Waals surface area contributed by atoms with Gasteiger partial charge in [0.25, 0.3) is 11.8 Å². The van der Waals surface area contributed by atoms with E-state index in [1.807, 2.05) is 44.2 Å². The number of aromatic nitrogens is 2. The lowest BCUT2D eigenvalue weighted by molar-refractivity contribution is -0.126. The molecule has 2 rings (SSSR count). The highest BCUT2D eigenvalue weighted by atomic mass is 16.5. The van der Waals surface area contributed by atoms with Crippen molar-refractivity contribution in [1.82, 2.24) is 9.97 Å². The fourth-order valence-electron chi connectivity index (χ4n) is 2.62. The van der Waals surface area contributed by atoms with Crippen molar-refractivity contribution in [3.63, 3.8) is 0 Å². The second-order valence-electron chi connectivity index (χ2n) is 6.07. The first-order valence-electron chi connectivity index (χ1n) is 9.14. The Hall–Kier alpha value is -2.84. The number of benzene rings is 1. The highest BCUT2D eigenvalue weighted by molar-refractivity contribution is 5.96. The SMILES string of the molecule is CCC(OC)C(=O)Nc1cc(NC(=O)C(CC)OC)nc(-c2ccccc2)n1. The molecule has 0 aliphatic rings. The molecule has 0 saturated carbocycles. The van der Waals surface area contributed by atoms with Crippen LogP contribution in [-0.2, 0) is 19.1 Å². The summed E-state index contributed by atoms with van der Waals surface area (Å²) in [5.41, 5.74) is 0.756. The summed E-state index contributed by atoms with van der Waals surface area (Å²) in [6.07, 6.45) is -0.138. The Morgan fingerprint density at radius 2 is 1.36 bits per heavy atom. The van der Waals surface area contributed by atoms with Crippen molar-refractivity contribution in [3.8, 4) is 11.4 Å². The van der Waals surface area contributed by atoms with Crippen LogP contribution < -0.4 is 10.6 Å². The molecule has 1 aromatic carbocycles. The van der Waals surface area contributed by atoms with Gasteiger partial charge >= 0.3 is 0 Å². The van der Waals surface area contributed by atoms with E-state index in [1.54, 1.807) is 0 Å². The quantitative estimate of drug-likeness (QED) is 0.687. The predicted octanol–water partition coefficient (Wildman–Crippen LogP) is 2.87. The van der Waals surface area contributed by atoms with Crippen LogP contribution in [0.15, 0.2) is 36.4 Å². The number of nitrogens with zero attached hydrogens (tertiary/aromatic N) is 2. The molecule has 2 unspecified atom stereocenters. The minimum absolute atomic E-state index is 0.273. The van der Waals surface area contributed by atoms with Gasteiger partial charge in [0.1, 0.15) is 23.8 Å². The first-order valence-corrected chi connectivity index (χ1v) is 9.14. The van der Waals surface area contributed by atoms with E-state index in [2.05, 4.69) is 20.6 Å². The lowest BCUT2D eigenvalue weighted by atomic mass is 10.2. The van der Waals surface area contributed by atoms with Crippen LogP contribution in [0.4, 0.5) is 11.6 Å². The summed E-state index contributed by atoms with van der Waals surface area (Å²) in [5.74, 6) is 0.293. The summed E-state index contributed by atoms with van der Waals surface area (Å²) < 4.78 is 10.3. The molecule has 0 aliphatic carbocycles. The van der Waals surface area contributed by atoms with Crippen molar-refractivity contribution in [2.75, 3.05) is 24.9 Å². The first-order chi connectivity index (χ1) is 13.5. The Morgan fingerprint density at radius 3 is 1.75 bits per heavy atom. The van der Waals surface area contributed by atoms with Crippen molar-refractivity contribution in [2.45, 2.75) is 38.9 Å². The molecule has 0 spiro atoms. The number of ether oxygens (including phenoxy) is 2. The van der Waals surface area contributed by atoms with E-state index in [1.165, 1.54) is 20.3 Å². The minimum Gasteiger partial charge on any atom is -0.372 e. The van der Waals surface area contributed by atoms with Gasteiger partial charge in [0.05, 0.1) is 0 Å². The van der Waals surface area contributed by atoms with Crippen LogP contribution in [0.1, 0.15) is 26.7 Å². The second kappa shape index (κ2) is 10.5. The Labute approximate surface area is 164 Å². The third kappa shape index (κ3) is 5.58. The number of hydrogen-bond donors (Lipinski definition) is 2. The van der Waals surface area contributed by atoms with Gasteiger partial charge in [0, 0.05) is 25.8 Å². The summed E-state index contributed by atoms with van der Waals surface area (Å²) in [6.45, 7) is 3.70. The summed E-state index contributed by atoms with van der Waals surface area (Å²) in [6, 6.07) is 10.8. The molecule has 0 saturated heterocycles. The van der Waals surface area contributed by atoms with Gasteiger partial charge in [-0.05, 0) is 12.8 Å². The standard InChI is InChI=1S/C20H26N4O4/c1-5-14(27-3)19(25)23-16-12-17(24-20(26)15(6-2)28-4)22-18(21-16)13-10-8-7-9-11-13/h7-12,14-15H,5-6H2,1-4H3,(H2,21,22,23,24,25,26). The number of carbonyl (C=O) groups excluding carboxylic acids is 2. The molecule has 1 aromatic heterocycles. The van der Waals surface area contributed by atoms with Gasteiger partial charge in [0.2, 0.25) is 0 Å². The smallest absolute Gasteiger partial charge is 0.254 e. The van der Waals surface area contributed by atoms with E-state index in [9.17, 15) is 9.59 Å². The van der Waals surface area contributed by atoms with Crippen LogP contribution in [0.5, 0.6) is 0 Å². The molecule has 8 nitrogen and oxygen atoms in total. The van der Waals surface area contributed by atoms with Crippen LogP contribution >= 0.6 is 0 Å². The van der Waals surface area contributed by atoms with Gasteiger partial charge in [0.15, 0.2) is 5.82 Å². The van der Waals surface area contributed by atoms with Crippen LogP contribution in [0.3, 0.4) is 0 Å². The molecule has 1 heterocycles. The maximum atomic E-state index is 12.4. The van der Waals surface area contributed by atoms with E-state index in [4.69, 9.17) is 9.47 Å². The van der Waals surface area contributed by atoms with Gasteiger partial charge in [-0.3, -0.25) is 9.59 Å². The van der Waals surface area contributed by atoms with Gasteiger partial charge < -0.3 is 20.1 Å². The lowest BCUT2D eigenvalue weighted by Gasteiger charge is -2.16. The Balaban J connectivity index is 2.36. The number of nitrogens with one attached hydrogen (secondary N) is 2. The second-order valence-corrected chi connectivity index (χ2v) is 6.07. The van der Waals surface area contributed by atoms with E-state index in [0.29, 0.717) is 18.7 Å². The molecule has 2 amide bonds. The average Bonchev–Trinajstić information content (AvgIpc) is 2.70. The molecule has 0 radical (unpaired) electrons. The van der Waals surface area contributed by atoms with Crippen molar-refractivity contribution in [3.05, 3.63) is 36.4 Å². The molecule has 0 aliphatic heterocycles. The summed E-state index contributed by atoms with van der Waals surface area (Å²) in [7, 11) is 2.95. The van der Waals surface area contributed by atoms with Crippen molar-refractivity contribution >= 4 is 23.5 Å². The van der Waals surface area contributed by atoms with Crippen LogP contribution in [0.2, 0.25) is 0 Å². The third-order valence-electron chi connectivity index (χ3n) is 4.16. The zero-order chi connectivity index (χ0) is 20.5. The Kier molecular flexibility index (Phi) is 8.03. The number of anilines is 2.